The smallest absolute Gasteiger partial charge is 0.337 e. The number of phenols is 1. The summed E-state index contributed by atoms with van der Waals surface area (Å²) in [4.78, 5) is 16.4. The van der Waals surface area contributed by atoms with Crippen molar-refractivity contribution in [2.24, 2.45) is 10.9 Å². The molecule has 144 valence electrons. The van der Waals surface area contributed by atoms with Crippen LogP contribution in [0.15, 0.2) is 23.2 Å². The Hall–Kier alpha value is -2.24. The summed E-state index contributed by atoms with van der Waals surface area (Å²) in [5.74, 6) is 0.854. The van der Waals surface area contributed by atoms with E-state index in [0.717, 1.165) is 19.3 Å². The fraction of sp³-hybridized carbons (Fsp3) is 0.600. The molecule has 1 aromatic carbocycles. The Kier molecular flexibility index (Phi) is 7.75. The van der Waals surface area contributed by atoms with Crippen LogP contribution >= 0.6 is 0 Å². The molecule has 1 aromatic rings. The molecule has 1 fully saturated rings. The van der Waals surface area contributed by atoms with Gasteiger partial charge >= 0.3 is 5.97 Å². The molecule has 2 rings (SSSR count). The van der Waals surface area contributed by atoms with E-state index >= 15 is 0 Å². The fourth-order valence-electron chi connectivity index (χ4n) is 3.00. The van der Waals surface area contributed by atoms with Gasteiger partial charge in [-0.1, -0.05) is 33.1 Å². The van der Waals surface area contributed by atoms with Crippen molar-refractivity contribution >= 4 is 17.6 Å². The number of hydrogen-bond acceptors (Lipinski definition) is 4. The molecule has 0 unspecified atom stereocenters. The molecule has 1 saturated carbocycles. The van der Waals surface area contributed by atoms with E-state index in [0.29, 0.717) is 35.7 Å². The highest BCUT2D eigenvalue weighted by atomic mass is 16.5. The Labute approximate surface area is 156 Å². The first-order valence-corrected chi connectivity index (χ1v) is 9.49. The third kappa shape index (κ3) is 6.24. The maximum absolute atomic E-state index is 11.7. The summed E-state index contributed by atoms with van der Waals surface area (Å²) < 4.78 is 4.75. The molecule has 0 radical (unpaired) electrons. The third-order valence-electron chi connectivity index (χ3n) is 4.59. The van der Waals surface area contributed by atoms with Crippen molar-refractivity contribution in [2.45, 2.75) is 58.4 Å². The third-order valence-corrected chi connectivity index (χ3v) is 4.59. The van der Waals surface area contributed by atoms with E-state index in [1.807, 2.05) is 0 Å². The molecule has 0 amide bonds. The van der Waals surface area contributed by atoms with Gasteiger partial charge in [-0.25, -0.2) is 4.79 Å². The van der Waals surface area contributed by atoms with E-state index in [-0.39, 0.29) is 5.75 Å². The second kappa shape index (κ2) is 10.0. The number of phenolic OH excluding ortho intramolecular Hbond substituents is 1. The van der Waals surface area contributed by atoms with Gasteiger partial charge in [0.05, 0.1) is 18.4 Å². The first-order chi connectivity index (χ1) is 12.5. The van der Waals surface area contributed by atoms with E-state index in [1.165, 1.54) is 38.5 Å². The summed E-state index contributed by atoms with van der Waals surface area (Å²) in [6.45, 7) is 5.04. The topological polar surface area (TPSA) is 83.0 Å². The monoisotopic (exact) mass is 361 g/mol. The Morgan fingerprint density at radius 1 is 1.31 bits per heavy atom. The number of nitrogens with one attached hydrogen (secondary N) is 2. The van der Waals surface area contributed by atoms with Crippen molar-refractivity contribution in [2.75, 3.05) is 19.0 Å². The van der Waals surface area contributed by atoms with Gasteiger partial charge in [-0.05, 0) is 43.4 Å². The summed E-state index contributed by atoms with van der Waals surface area (Å²) in [5.41, 5.74) is 0.825. The molecule has 0 aliphatic heterocycles. The maximum Gasteiger partial charge on any atom is 0.337 e. The molecule has 26 heavy (non-hydrogen) atoms. The molecule has 6 heteroatoms. The van der Waals surface area contributed by atoms with Crippen LogP contribution < -0.4 is 10.6 Å². The molecule has 3 N–H and O–H groups in total. The SMILES string of the molecule is COC(=O)c1ccc(O)c(NC(=NCCC(C)C)NC2CCCCC2)c1. The quantitative estimate of drug-likeness (QED) is 0.310. The predicted molar refractivity (Wildman–Crippen MR) is 105 cm³/mol. The summed E-state index contributed by atoms with van der Waals surface area (Å²) in [7, 11) is 1.34. The van der Waals surface area contributed by atoms with Gasteiger partial charge < -0.3 is 20.5 Å². The number of anilines is 1. The molecule has 0 aromatic heterocycles. The first kappa shape index (κ1) is 20.1. The van der Waals surface area contributed by atoms with E-state index in [9.17, 15) is 9.90 Å². The van der Waals surface area contributed by atoms with Crippen LogP contribution in [0.5, 0.6) is 5.75 Å². The van der Waals surface area contributed by atoms with E-state index in [2.05, 4.69) is 29.5 Å². The zero-order chi connectivity index (χ0) is 18.9. The standard InChI is InChI=1S/C20H31N3O3/c1-14(2)11-12-21-20(22-16-7-5-4-6-8-16)23-17-13-15(19(25)26-3)9-10-18(17)24/h9-10,13-14,16,24H,4-8,11-12H2,1-3H3,(H2,21,22,23). The van der Waals surface area contributed by atoms with E-state index < -0.39 is 5.97 Å². The minimum Gasteiger partial charge on any atom is -0.506 e. The molecule has 0 atom stereocenters. The van der Waals surface area contributed by atoms with Gasteiger partial charge in [-0.3, -0.25) is 4.99 Å². The Morgan fingerprint density at radius 3 is 2.69 bits per heavy atom. The summed E-state index contributed by atoms with van der Waals surface area (Å²) in [5, 5.41) is 16.8. The second-order valence-corrected chi connectivity index (χ2v) is 7.24. The predicted octanol–water partition coefficient (Wildman–Crippen LogP) is 3.92. The number of aliphatic imine (C=N–C) groups is 1. The van der Waals surface area contributed by atoms with Gasteiger partial charge in [-0.15, -0.1) is 0 Å². The van der Waals surface area contributed by atoms with E-state index in [1.54, 1.807) is 6.07 Å². The zero-order valence-corrected chi connectivity index (χ0v) is 16.0. The molecule has 0 heterocycles. The Balaban J connectivity index is 2.14. The number of esters is 1. The van der Waals surface area contributed by atoms with Crippen molar-refractivity contribution in [1.82, 2.24) is 5.32 Å². The van der Waals surface area contributed by atoms with Crippen molar-refractivity contribution in [1.29, 1.82) is 0 Å². The number of rotatable bonds is 6. The fourth-order valence-corrected chi connectivity index (χ4v) is 3.00. The number of aromatic hydroxyl groups is 1. The summed E-state index contributed by atoms with van der Waals surface area (Å²) >= 11 is 0. The number of benzene rings is 1. The largest absolute Gasteiger partial charge is 0.506 e. The molecule has 1 aliphatic carbocycles. The van der Waals surface area contributed by atoms with E-state index in [4.69, 9.17) is 4.74 Å². The zero-order valence-electron chi connectivity index (χ0n) is 16.0. The number of ether oxygens (including phenoxy) is 1. The highest BCUT2D eigenvalue weighted by Gasteiger charge is 2.16. The lowest BCUT2D eigenvalue weighted by molar-refractivity contribution is 0.0601. The number of carbonyl (C=O) groups excluding carboxylic acids is 1. The van der Waals surface area contributed by atoms with Gasteiger partial charge in [0, 0.05) is 12.6 Å². The van der Waals surface area contributed by atoms with Crippen LogP contribution in [0.3, 0.4) is 0 Å². The van der Waals surface area contributed by atoms with Crippen LogP contribution in [0, 0.1) is 5.92 Å². The van der Waals surface area contributed by atoms with Crippen LogP contribution in [0.1, 0.15) is 62.7 Å². The maximum atomic E-state index is 11.7. The van der Waals surface area contributed by atoms with Gasteiger partial charge in [0.1, 0.15) is 5.75 Å². The highest BCUT2D eigenvalue weighted by Crippen LogP contribution is 2.25. The van der Waals surface area contributed by atoms with Crippen LogP contribution in [-0.2, 0) is 4.74 Å². The van der Waals surface area contributed by atoms with Crippen LogP contribution in [0.25, 0.3) is 0 Å². The van der Waals surface area contributed by atoms with Crippen molar-refractivity contribution in [3.05, 3.63) is 23.8 Å². The minimum atomic E-state index is -0.438. The molecule has 0 saturated heterocycles. The normalized spacial score (nSPS) is 15.8. The Morgan fingerprint density at radius 2 is 2.04 bits per heavy atom. The summed E-state index contributed by atoms with van der Waals surface area (Å²) in [6, 6.07) is 5.00. The lowest BCUT2D eigenvalue weighted by Gasteiger charge is -2.25. The lowest BCUT2D eigenvalue weighted by Crippen LogP contribution is -2.40. The number of guanidine groups is 1. The molecule has 0 spiro atoms. The van der Waals surface area contributed by atoms with Gasteiger partial charge in [0.2, 0.25) is 0 Å². The summed E-state index contributed by atoms with van der Waals surface area (Å²) in [6.07, 6.45) is 6.97. The average Bonchev–Trinajstić information content (AvgIpc) is 2.63. The number of hydrogen-bond donors (Lipinski definition) is 3. The highest BCUT2D eigenvalue weighted by molar-refractivity contribution is 5.97. The van der Waals surface area contributed by atoms with Crippen LogP contribution in [0.4, 0.5) is 5.69 Å². The van der Waals surface area contributed by atoms with Crippen molar-refractivity contribution in [3.63, 3.8) is 0 Å². The molecule has 1 aliphatic rings. The molecule has 0 bridgehead atoms. The van der Waals surface area contributed by atoms with Crippen LogP contribution in [0.2, 0.25) is 0 Å². The Bertz CT molecular complexity index is 623. The van der Waals surface area contributed by atoms with Gasteiger partial charge in [0.15, 0.2) is 5.96 Å². The van der Waals surface area contributed by atoms with Crippen molar-refractivity contribution in [3.8, 4) is 5.75 Å². The molecular formula is C20H31N3O3. The number of nitrogens with zero attached hydrogens (tertiary/aromatic N) is 1. The van der Waals surface area contributed by atoms with Crippen molar-refractivity contribution < 1.29 is 14.6 Å². The average molecular weight is 361 g/mol. The van der Waals surface area contributed by atoms with Gasteiger partial charge in [0.25, 0.3) is 0 Å². The second-order valence-electron chi connectivity index (χ2n) is 7.24. The molecular weight excluding hydrogens is 330 g/mol. The number of methoxy groups -OCH3 is 1. The van der Waals surface area contributed by atoms with Gasteiger partial charge in [-0.2, -0.15) is 0 Å². The first-order valence-electron chi connectivity index (χ1n) is 9.49. The van der Waals surface area contributed by atoms with Crippen LogP contribution in [-0.4, -0.2) is 36.7 Å². The lowest BCUT2D eigenvalue weighted by atomic mass is 9.96. The molecule has 6 nitrogen and oxygen atoms in total. The number of carbonyl (C=O) groups is 1. The minimum absolute atomic E-state index is 0.0691.